The van der Waals surface area contributed by atoms with Crippen LogP contribution in [-0.4, -0.2) is 36.1 Å². The molecule has 4 rings (SSSR count). The molecule has 0 aliphatic carbocycles. The standard InChI is InChI=1S/C23H25ClN6S/c1-17-21(18(2)29(26-17)13-19-9-7-8-12-22(19)24)14-27(3)16-30-23(31)28(15-25-30)20-10-5-4-6-11-20/h4-12,15H,13-14,16H2,1-3H3. The van der Waals surface area contributed by atoms with Crippen LogP contribution < -0.4 is 0 Å². The van der Waals surface area contributed by atoms with Gasteiger partial charge in [0, 0.05) is 28.5 Å². The van der Waals surface area contributed by atoms with Crippen LogP contribution in [0.2, 0.25) is 5.02 Å². The molecule has 0 saturated heterocycles. The van der Waals surface area contributed by atoms with Crippen molar-refractivity contribution in [2.45, 2.75) is 33.6 Å². The van der Waals surface area contributed by atoms with Gasteiger partial charge in [-0.3, -0.25) is 14.1 Å². The summed E-state index contributed by atoms with van der Waals surface area (Å²) in [6, 6.07) is 17.9. The summed E-state index contributed by atoms with van der Waals surface area (Å²) >= 11 is 12.0. The minimum absolute atomic E-state index is 0.591. The first-order valence-corrected chi connectivity index (χ1v) is 10.9. The monoisotopic (exact) mass is 452 g/mol. The Bertz CT molecular complexity index is 1240. The molecule has 2 aromatic heterocycles. The second-order valence-electron chi connectivity index (χ2n) is 7.67. The molecule has 31 heavy (non-hydrogen) atoms. The van der Waals surface area contributed by atoms with Crippen molar-refractivity contribution in [3.8, 4) is 5.69 Å². The van der Waals surface area contributed by atoms with Crippen LogP contribution in [0.5, 0.6) is 0 Å². The van der Waals surface area contributed by atoms with Gasteiger partial charge in [-0.05, 0) is 56.9 Å². The highest BCUT2D eigenvalue weighted by Gasteiger charge is 2.15. The zero-order valence-corrected chi connectivity index (χ0v) is 19.4. The summed E-state index contributed by atoms with van der Waals surface area (Å²) in [6.45, 7) is 6.15. The maximum absolute atomic E-state index is 6.34. The number of aryl methyl sites for hydroxylation is 1. The summed E-state index contributed by atoms with van der Waals surface area (Å²) in [6.07, 6.45) is 1.77. The lowest BCUT2D eigenvalue weighted by Crippen LogP contribution is -2.23. The molecule has 2 heterocycles. The van der Waals surface area contributed by atoms with E-state index in [1.165, 1.54) is 5.56 Å². The molecule has 0 radical (unpaired) electrons. The first-order chi connectivity index (χ1) is 14.9. The molecule has 0 unspecified atom stereocenters. The zero-order valence-electron chi connectivity index (χ0n) is 17.9. The average Bonchev–Trinajstić information content (AvgIpc) is 3.24. The highest BCUT2D eigenvalue weighted by atomic mass is 35.5. The molecule has 0 fully saturated rings. The minimum atomic E-state index is 0.591. The molecule has 8 heteroatoms. The first kappa shape index (κ1) is 21.5. The highest BCUT2D eigenvalue weighted by Crippen LogP contribution is 2.20. The fourth-order valence-electron chi connectivity index (χ4n) is 3.65. The largest absolute Gasteiger partial charge is 0.283 e. The number of nitrogens with zero attached hydrogens (tertiary/aromatic N) is 6. The van der Waals surface area contributed by atoms with Crippen molar-refractivity contribution in [2.24, 2.45) is 0 Å². The molecular formula is C23H25ClN6S. The molecule has 0 N–H and O–H groups in total. The van der Waals surface area contributed by atoms with Gasteiger partial charge in [0.25, 0.3) is 0 Å². The Morgan fingerprint density at radius 2 is 1.71 bits per heavy atom. The van der Waals surface area contributed by atoms with Crippen LogP contribution >= 0.6 is 23.8 Å². The average molecular weight is 453 g/mol. The first-order valence-electron chi connectivity index (χ1n) is 10.1. The lowest BCUT2D eigenvalue weighted by molar-refractivity contribution is 0.243. The van der Waals surface area contributed by atoms with Crippen LogP contribution in [0.3, 0.4) is 0 Å². The number of hydrogen-bond donors (Lipinski definition) is 0. The van der Waals surface area contributed by atoms with Gasteiger partial charge >= 0.3 is 0 Å². The van der Waals surface area contributed by atoms with E-state index in [9.17, 15) is 0 Å². The number of hydrogen-bond acceptors (Lipinski definition) is 4. The summed E-state index contributed by atoms with van der Waals surface area (Å²) in [5.41, 5.74) is 5.45. The summed E-state index contributed by atoms with van der Waals surface area (Å²) in [7, 11) is 2.06. The SMILES string of the molecule is Cc1nn(Cc2ccccc2Cl)c(C)c1CN(C)Cn1ncn(-c2ccccc2)c1=S. The molecule has 0 aliphatic rings. The van der Waals surface area contributed by atoms with Crippen molar-refractivity contribution in [1.82, 2.24) is 29.0 Å². The number of benzene rings is 2. The van der Waals surface area contributed by atoms with Gasteiger partial charge in [-0.15, -0.1) is 0 Å². The van der Waals surface area contributed by atoms with Crippen LogP contribution in [0, 0.1) is 18.6 Å². The number of aromatic nitrogens is 5. The number of rotatable bonds is 7. The summed E-state index contributed by atoms with van der Waals surface area (Å²) in [5.74, 6) is 0. The number of para-hydroxylation sites is 1. The molecule has 0 atom stereocenters. The van der Waals surface area contributed by atoms with E-state index in [1.54, 1.807) is 6.33 Å². The van der Waals surface area contributed by atoms with E-state index in [1.807, 2.05) is 68.5 Å². The van der Waals surface area contributed by atoms with Gasteiger partial charge < -0.3 is 0 Å². The van der Waals surface area contributed by atoms with Crippen LogP contribution in [-0.2, 0) is 19.8 Å². The quantitative estimate of drug-likeness (QED) is 0.370. The molecule has 0 aliphatic heterocycles. The van der Waals surface area contributed by atoms with Crippen LogP contribution in [0.25, 0.3) is 5.69 Å². The number of halogens is 1. The van der Waals surface area contributed by atoms with Gasteiger partial charge in [0.15, 0.2) is 0 Å². The Kier molecular flexibility index (Phi) is 6.36. The zero-order chi connectivity index (χ0) is 22.0. The Labute approximate surface area is 192 Å². The lowest BCUT2D eigenvalue weighted by atomic mass is 10.2. The van der Waals surface area contributed by atoms with Crippen molar-refractivity contribution in [3.05, 3.63) is 93.2 Å². The summed E-state index contributed by atoms with van der Waals surface area (Å²) in [4.78, 5) is 2.19. The van der Waals surface area contributed by atoms with Crippen molar-refractivity contribution >= 4 is 23.8 Å². The Morgan fingerprint density at radius 1 is 1.00 bits per heavy atom. The van der Waals surface area contributed by atoms with Crippen molar-refractivity contribution in [3.63, 3.8) is 0 Å². The van der Waals surface area contributed by atoms with E-state index in [0.717, 1.165) is 34.2 Å². The van der Waals surface area contributed by atoms with Crippen LogP contribution in [0.15, 0.2) is 60.9 Å². The van der Waals surface area contributed by atoms with E-state index in [2.05, 4.69) is 30.9 Å². The second-order valence-corrected chi connectivity index (χ2v) is 8.44. The van der Waals surface area contributed by atoms with Gasteiger partial charge in [-0.25, -0.2) is 4.68 Å². The molecule has 4 aromatic rings. The predicted molar refractivity (Wildman–Crippen MR) is 126 cm³/mol. The molecule has 6 nitrogen and oxygen atoms in total. The maximum atomic E-state index is 6.34. The normalized spacial score (nSPS) is 11.4. The van der Waals surface area contributed by atoms with Crippen LogP contribution in [0.4, 0.5) is 0 Å². The topological polar surface area (TPSA) is 43.8 Å². The Morgan fingerprint density at radius 3 is 2.45 bits per heavy atom. The van der Waals surface area contributed by atoms with Crippen molar-refractivity contribution in [2.75, 3.05) is 7.05 Å². The molecular weight excluding hydrogens is 428 g/mol. The lowest BCUT2D eigenvalue weighted by Gasteiger charge is -2.17. The Balaban J connectivity index is 1.49. The molecule has 0 amide bonds. The van der Waals surface area contributed by atoms with Gasteiger partial charge in [-0.2, -0.15) is 10.2 Å². The predicted octanol–water partition coefficient (Wildman–Crippen LogP) is 5.01. The molecule has 0 bridgehead atoms. The Hall–Kier alpha value is -2.74. The molecule has 2 aromatic carbocycles. The van der Waals surface area contributed by atoms with E-state index in [-0.39, 0.29) is 0 Å². The van der Waals surface area contributed by atoms with Gasteiger partial charge in [0.1, 0.15) is 6.33 Å². The van der Waals surface area contributed by atoms with E-state index in [0.29, 0.717) is 18.0 Å². The fourth-order valence-corrected chi connectivity index (χ4v) is 4.11. The smallest absolute Gasteiger partial charge is 0.203 e. The summed E-state index contributed by atoms with van der Waals surface area (Å²) in [5, 5.41) is 10.0. The molecule has 0 saturated carbocycles. The summed E-state index contributed by atoms with van der Waals surface area (Å²) < 4.78 is 6.44. The third kappa shape index (κ3) is 4.63. The van der Waals surface area contributed by atoms with Crippen molar-refractivity contribution in [1.29, 1.82) is 0 Å². The van der Waals surface area contributed by atoms with Gasteiger partial charge in [-0.1, -0.05) is 48.0 Å². The molecule has 0 spiro atoms. The third-order valence-electron chi connectivity index (χ3n) is 5.38. The van der Waals surface area contributed by atoms with E-state index >= 15 is 0 Å². The second kappa shape index (κ2) is 9.18. The minimum Gasteiger partial charge on any atom is -0.283 e. The maximum Gasteiger partial charge on any atom is 0.203 e. The molecule has 160 valence electrons. The van der Waals surface area contributed by atoms with Crippen LogP contribution in [0.1, 0.15) is 22.5 Å². The fraction of sp³-hybridized carbons (Fsp3) is 0.261. The highest BCUT2D eigenvalue weighted by molar-refractivity contribution is 7.71. The van der Waals surface area contributed by atoms with E-state index in [4.69, 9.17) is 28.9 Å². The van der Waals surface area contributed by atoms with Gasteiger partial charge in [0.05, 0.1) is 18.9 Å². The third-order valence-corrected chi connectivity index (χ3v) is 6.16. The van der Waals surface area contributed by atoms with Crippen molar-refractivity contribution < 1.29 is 0 Å². The van der Waals surface area contributed by atoms with Gasteiger partial charge in [0.2, 0.25) is 4.77 Å². The van der Waals surface area contributed by atoms with E-state index < -0.39 is 0 Å².